The molecule has 1 rings (SSSR count). The Hall–Kier alpha value is -1.11. The summed E-state index contributed by atoms with van der Waals surface area (Å²) in [5.41, 5.74) is 5.91. The van der Waals surface area contributed by atoms with Gasteiger partial charge in [0.15, 0.2) is 0 Å². The zero-order valence-corrected chi connectivity index (χ0v) is 11.4. The number of hydrogen-bond donors (Lipinski definition) is 2. The molecular formula is C12H20N2O3S. The summed E-state index contributed by atoms with van der Waals surface area (Å²) in [5.74, 6) is 0. The third-order valence-electron chi connectivity index (χ3n) is 2.53. The van der Waals surface area contributed by atoms with Gasteiger partial charge >= 0.3 is 0 Å². The van der Waals surface area contributed by atoms with E-state index in [0.717, 1.165) is 19.3 Å². The first kappa shape index (κ1) is 14.9. The highest BCUT2D eigenvalue weighted by atomic mass is 32.2. The number of hydrogen-bond acceptors (Lipinski definition) is 4. The number of nitrogen functional groups attached to an aromatic ring is 1. The molecule has 6 heteroatoms. The van der Waals surface area contributed by atoms with Crippen LogP contribution in [0.1, 0.15) is 19.3 Å². The maximum absolute atomic E-state index is 11.9. The molecule has 0 amide bonds. The van der Waals surface area contributed by atoms with Crippen molar-refractivity contribution in [2.24, 2.45) is 0 Å². The second-order valence-corrected chi connectivity index (χ2v) is 5.72. The first-order valence-electron chi connectivity index (χ1n) is 5.91. The smallest absolute Gasteiger partial charge is 0.242 e. The Balaban J connectivity index is 2.44. The molecule has 102 valence electrons. The van der Waals surface area contributed by atoms with Crippen LogP contribution in [0.4, 0.5) is 5.69 Å². The molecule has 5 nitrogen and oxygen atoms in total. The van der Waals surface area contributed by atoms with E-state index in [1.54, 1.807) is 25.3 Å². The maximum Gasteiger partial charge on any atom is 0.242 e. The van der Waals surface area contributed by atoms with E-state index in [-0.39, 0.29) is 10.6 Å². The van der Waals surface area contributed by atoms with Crippen molar-refractivity contribution in [2.75, 3.05) is 26.0 Å². The van der Waals surface area contributed by atoms with Crippen molar-refractivity contribution in [1.82, 2.24) is 4.72 Å². The highest BCUT2D eigenvalue weighted by Gasteiger charge is 2.15. The molecule has 0 spiro atoms. The fraction of sp³-hybridized carbons (Fsp3) is 0.500. The molecule has 0 saturated heterocycles. The highest BCUT2D eigenvalue weighted by molar-refractivity contribution is 7.89. The van der Waals surface area contributed by atoms with Gasteiger partial charge in [0.1, 0.15) is 4.90 Å². The van der Waals surface area contributed by atoms with E-state index in [2.05, 4.69) is 4.72 Å². The Morgan fingerprint density at radius 3 is 2.61 bits per heavy atom. The number of benzene rings is 1. The summed E-state index contributed by atoms with van der Waals surface area (Å²) in [7, 11) is -1.84. The predicted molar refractivity (Wildman–Crippen MR) is 71.8 cm³/mol. The van der Waals surface area contributed by atoms with Crippen LogP contribution in [0.2, 0.25) is 0 Å². The largest absolute Gasteiger partial charge is 0.398 e. The molecule has 0 heterocycles. The van der Waals surface area contributed by atoms with Crippen molar-refractivity contribution in [3.05, 3.63) is 24.3 Å². The minimum Gasteiger partial charge on any atom is -0.398 e. The summed E-state index contributed by atoms with van der Waals surface area (Å²) in [6, 6.07) is 6.44. The van der Waals surface area contributed by atoms with E-state index in [1.165, 1.54) is 6.07 Å². The molecule has 0 fully saturated rings. The van der Waals surface area contributed by atoms with E-state index in [0.29, 0.717) is 13.2 Å². The van der Waals surface area contributed by atoms with E-state index < -0.39 is 10.0 Å². The lowest BCUT2D eigenvalue weighted by Gasteiger charge is -2.08. The van der Waals surface area contributed by atoms with E-state index in [4.69, 9.17) is 10.5 Å². The molecule has 0 aliphatic heterocycles. The quantitative estimate of drug-likeness (QED) is 0.553. The Bertz CT molecular complexity index is 460. The van der Waals surface area contributed by atoms with Gasteiger partial charge in [0, 0.05) is 20.3 Å². The van der Waals surface area contributed by atoms with Gasteiger partial charge in [-0.25, -0.2) is 13.1 Å². The molecule has 1 aromatic carbocycles. The van der Waals surface area contributed by atoms with Gasteiger partial charge in [0.25, 0.3) is 0 Å². The number of unbranched alkanes of at least 4 members (excludes halogenated alkanes) is 2. The van der Waals surface area contributed by atoms with Gasteiger partial charge in [-0.15, -0.1) is 0 Å². The van der Waals surface area contributed by atoms with Crippen molar-refractivity contribution in [3.63, 3.8) is 0 Å². The van der Waals surface area contributed by atoms with Crippen molar-refractivity contribution in [2.45, 2.75) is 24.2 Å². The van der Waals surface area contributed by atoms with Crippen molar-refractivity contribution in [1.29, 1.82) is 0 Å². The summed E-state index contributed by atoms with van der Waals surface area (Å²) in [4.78, 5) is 0.141. The van der Waals surface area contributed by atoms with Gasteiger partial charge in [-0.1, -0.05) is 12.1 Å². The number of sulfonamides is 1. The molecule has 0 radical (unpaired) electrons. The van der Waals surface area contributed by atoms with Crippen LogP contribution in [0.5, 0.6) is 0 Å². The molecule has 18 heavy (non-hydrogen) atoms. The van der Waals surface area contributed by atoms with Crippen molar-refractivity contribution < 1.29 is 13.2 Å². The number of nitrogens with one attached hydrogen (secondary N) is 1. The monoisotopic (exact) mass is 272 g/mol. The molecule has 0 aliphatic rings. The lowest BCUT2D eigenvalue weighted by atomic mass is 10.2. The SMILES string of the molecule is COCCCCCNS(=O)(=O)c1ccccc1N. The van der Waals surface area contributed by atoms with Crippen molar-refractivity contribution >= 4 is 15.7 Å². The van der Waals surface area contributed by atoms with Crippen LogP contribution in [0, 0.1) is 0 Å². The Morgan fingerprint density at radius 1 is 1.22 bits per heavy atom. The third kappa shape index (κ3) is 4.64. The summed E-state index contributed by atoms with van der Waals surface area (Å²) < 4.78 is 31.3. The second-order valence-electron chi connectivity index (χ2n) is 3.99. The fourth-order valence-corrected chi connectivity index (χ4v) is 2.76. The highest BCUT2D eigenvalue weighted by Crippen LogP contribution is 2.16. The van der Waals surface area contributed by atoms with Crippen LogP contribution in [-0.2, 0) is 14.8 Å². The lowest BCUT2D eigenvalue weighted by molar-refractivity contribution is 0.192. The van der Waals surface area contributed by atoms with Crippen LogP contribution >= 0.6 is 0 Å². The van der Waals surface area contributed by atoms with Gasteiger partial charge < -0.3 is 10.5 Å². The number of ether oxygens (including phenoxy) is 1. The van der Waals surface area contributed by atoms with Gasteiger partial charge in [0.2, 0.25) is 10.0 Å². The number of nitrogens with two attached hydrogens (primary N) is 1. The summed E-state index contributed by atoms with van der Waals surface area (Å²) >= 11 is 0. The minimum atomic E-state index is -3.49. The lowest BCUT2D eigenvalue weighted by Crippen LogP contribution is -2.25. The maximum atomic E-state index is 11.9. The van der Waals surface area contributed by atoms with Crippen LogP contribution in [0.3, 0.4) is 0 Å². The zero-order chi connectivity index (χ0) is 13.4. The van der Waals surface area contributed by atoms with Gasteiger partial charge in [-0.05, 0) is 31.4 Å². The molecule has 3 N–H and O–H groups in total. The summed E-state index contributed by atoms with van der Waals surface area (Å²) in [6.07, 6.45) is 2.65. The van der Waals surface area contributed by atoms with Crippen molar-refractivity contribution in [3.8, 4) is 0 Å². The van der Waals surface area contributed by atoms with Gasteiger partial charge in [0.05, 0.1) is 5.69 Å². The first-order valence-corrected chi connectivity index (χ1v) is 7.39. The van der Waals surface area contributed by atoms with Crippen LogP contribution in [0.15, 0.2) is 29.2 Å². The normalized spacial score (nSPS) is 11.6. The number of anilines is 1. The van der Waals surface area contributed by atoms with Crippen LogP contribution in [-0.4, -0.2) is 28.7 Å². The number of methoxy groups -OCH3 is 1. The van der Waals surface area contributed by atoms with E-state index in [9.17, 15) is 8.42 Å². The average Bonchev–Trinajstić information content (AvgIpc) is 2.34. The molecule has 0 unspecified atom stereocenters. The summed E-state index contributed by atoms with van der Waals surface area (Å²) in [5, 5.41) is 0. The topological polar surface area (TPSA) is 81.4 Å². The Kier molecular flexibility index (Phi) is 6.11. The standard InChI is InChI=1S/C12H20N2O3S/c1-17-10-6-2-5-9-14-18(15,16)12-8-4-3-7-11(12)13/h3-4,7-8,14H,2,5-6,9-10,13H2,1H3. The van der Waals surface area contributed by atoms with Crippen LogP contribution < -0.4 is 10.5 Å². The zero-order valence-electron chi connectivity index (χ0n) is 10.6. The Morgan fingerprint density at radius 2 is 1.94 bits per heavy atom. The number of rotatable bonds is 8. The molecule has 0 saturated carbocycles. The molecule has 0 atom stereocenters. The molecular weight excluding hydrogens is 252 g/mol. The first-order chi connectivity index (χ1) is 8.58. The van der Waals surface area contributed by atoms with Crippen LogP contribution in [0.25, 0.3) is 0 Å². The molecule has 1 aromatic rings. The van der Waals surface area contributed by atoms with Gasteiger partial charge in [-0.3, -0.25) is 0 Å². The van der Waals surface area contributed by atoms with Gasteiger partial charge in [-0.2, -0.15) is 0 Å². The third-order valence-corrected chi connectivity index (χ3v) is 4.06. The fourth-order valence-electron chi connectivity index (χ4n) is 1.56. The molecule has 0 aliphatic carbocycles. The predicted octanol–water partition coefficient (Wildman–Crippen LogP) is 1.36. The minimum absolute atomic E-state index is 0.141. The molecule has 0 bridgehead atoms. The number of para-hydroxylation sites is 1. The van der Waals surface area contributed by atoms with E-state index in [1.807, 2.05) is 0 Å². The van der Waals surface area contributed by atoms with E-state index >= 15 is 0 Å². The summed E-state index contributed by atoms with van der Waals surface area (Å²) in [6.45, 7) is 1.12. The average molecular weight is 272 g/mol. The second kappa shape index (κ2) is 7.35. The Labute approximate surface area is 108 Å². The molecule has 0 aromatic heterocycles.